The Labute approximate surface area is 146 Å². The van der Waals surface area contributed by atoms with Gasteiger partial charge in [0.25, 0.3) is 0 Å². The number of alkyl halides is 3. The van der Waals surface area contributed by atoms with Crippen molar-refractivity contribution >= 4 is 40.5 Å². The lowest BCUT2D eigenvalue weighted by Gasteiger charge is -2.12. The summed E-state index contributed by atoms with van der Waals surface area (Å²) in [7, 11) is 0. The van der Waals surface area contributed by atoms with Crippen molar-refractivity contribution in [1.29, 1.82) is 0 Å². The van der Waals surface area contributed by atoms with Gasteiger partial charge >= 0.3 is 18.0 Å². The Hall–Kier alpha value is -2.74. The van der Waals surface area contributed by atoms with Gasteiger partial charge in [0.1, 0.15) is 0 Å². The van der Waals surface area contributed by atoms with E-state index in [4.69, 9.17) is 17.3 Å². The summed E-state index contributed by atoms with van der Waals surface area (Å²) < 4.78 is 38.4. The topological polar surface area (TPSA) is 84.2 Å². The molecule has 9 heteroatoms. The number of hydrogen-bond acceptors (Lipinski definition) is 3. The zero-order valence-electron chi connectivity index (χ0n) is 12.9. The Morgan fingerprint density at radius 3 is 2.32 bits per heavy atom. The molecule has 0 unspecified atom stereocenters. The van der Waals surface area contributed by atoms with Gasteiger partial charge in [-0.25, -0.2) is 0 Å². The fourth-order valence-corrected chi connectivity index (χ4v) is 2.19. The molecular weight excluding hydrogens is 359 g/mol. The number of anilines is 3. The number of carbonyl (C=O) groups excluding carboxylic acids is 2. The van der Waals surface area contributed by atoms with Crippen LogP contribution in [0.2, 0.25) is 5.02 Å². The molecule has 0 spiro atoms. The third-order valence-corrected chi connectivity index (χ3v) is 3.52. The van der Waals surface area contributed by atoms with E-state index in [1.165, 1.54) is 0 Å². The number of benzene rings is 2. The average Bonchev–Trinajstić information content (AvgIpc) is 2.51. The van der Waals surface area contributed by atoms with Crippen molar-refractivity contribution in [3.63, 3.8) is 0 Å². The van der Waals surface area contributed by atoms with Gasteiger partial charge in [0.15, 0.2) is 0 Å². The summed E-state index contributed by atoms with van der Waals surface area (Å²) in [5.41, 5.74) is 5.64. The quantitative estimate of drug-likeness (QED) is 0.554. The van der Waals surface area contributed by atoms with Crippen molar-refractivity contribution in [2.75, 3.05) is 16.4 Å². The van der Waals surface area contributed by atoms with Gasteiger partial charge in [-0.2, -0.15) is 13.2 Å². The first kappa shape index (κ1) is 18.6. The second-order valence-corrected chi connectivity index (χ2v) is 5.60. The van der Waals surface area contributed by atoms with Crippen LogP contribution in [0, 0.1) is 6.92 Å². The fourth-order valence-electron chi connectivity index (χ4n) is 1.97. The molecule has 2 amide bonds. The van der Waals surface area contributed by atoms with Crippen molar-refractivity contribution < 1.29 is 22.8 Å². The highest BCUT2D eigenvalue weighted by atomic mass is 35.5. The number of halogens is 4. The van der Waals surface area contributed by atoms with Crippen LogP contribution < -0.4 is 16.4 Å². The number of rotatable bonds is 2. The van der Waals surface area contributed by atoms with Crippen LogP contribution in [-0.2, 0) is 15.8 Å². The first-order valence-corrected chi connectivity index (χ1v) is 7.31. The Kier molecular flexibility index (Phi) is 5.22. The third kappa shape index (κ3) is 4.63. The summed E-state index contributed by atoms with van der Waals surface area (Å²) in [6, 6.07) is 7.62. The molecular formula is C16H13ClF3N3O2. The van der Waals surface area contributed by atoms with E-state index in [0.717, 1.165) is 17.7 Å². The number of aryl methyl sites for hydroxylation is 1. The maximum atomic E-state index is 12.8. The molecule has 0 aliphatic carbocycles. The second-order valence-electron chi connectivity index (χ2n) is 5.19. The Morgan fingerprint density at radius 2 is 1.68 bits per heavy atom. The Balaban J connectivity index is 2.14. The van der Waals surface area contributed by atoms with E-state index < -0.39 is 28.6 Å². The number of nitrogen functional groups attached to an aromatic ring is 1. The van der Waals surface area contributed by atoms with Crippen LogP contribution >= 0.6 is 11.6 Å². The molecule has 0 aromatic heterocycles. The molecule has 0 atom stereocenters. The predicted octanol–water partition coefficient (Wildman–Crippen LogP) is 3.83. The first-order valence-electron chi connectivity index (χ1n) is 6.93. The lowest BCUT2D eigenvalue weighted by molar-refractivity contribution is -0.137. The summed E-state index contributed by atoms with van der Waals surface area (Å²) in [5, 5.41) is 3.88. The summed E-state index contributed by atoms with van der Waals surface area (Å²) in [6.45, 7) is 1.77. The molecule has 0 saturated heterocycles. The van der Waals surface area contributed by atoms with E-state index in [2.05, 4.69) is 10.6 Å². The molecule has 0 fully saturated rings. The number of hydrogen-bond donors (Lipinski definition) is 3. The Morgan fingerprint density at radius 1 is 1.04 bits per heavy atom. The van der Waals surface area contributed by atoms with Crippen LogP contribution in [0.4, 0.5) is 30.2 Å². The maximum absolute atomic E-state index is 12.8. The molecule has 2 rings (SSSR count). The number of nitrogens with one attached hydrogen (secondary N) is 2. The van der Waals surface area contributed by atoms with Gasteiger partial charge in [-0.3, -0.25) is 9.59 Å². The number of nitrogens with two attached hydrogens (primary N) is 1. The van der Waals surface area contributed by atoms with Crippen molar-refractivity contribution in [2.24, 2.45) is 0 Å². The van der Waals surface area contributed by atoms with Gasteiger partial charge in [0.2, 0.25) is 0 Å². The minimum absolute atomic E-state index is 0.214. The molecule has 0 aliphatic heterocycles. The van der Waals surface area contributed by atoms with Gasteiger partial charge in [0, 0.05) is 5.69 Å². The van der Waals surface area contributed by atoms with Crippen LogP contribution in [0.3, 0.4) is 0 Å². The monoisotopic (exact) mass is 371 g/mol. The van der Waals surface area contributed by atoms with Gasteiger partial charge in [0.05, 0.1) is 22.0 Å². The van der Waals surface area contributed by atoms with Gasteiger partial charge in [-0.15, -0.1) is 0 Å². The van der Waals surface area contributed by atoms with Crippen LogP contribution in [0.25, 0.3) is 0 Å². The molecule has 2 aromatic rings. The zero-order chi connectivity index (χ0) is 18.8. The smallest absolute Gasteiger partial charge is 0.397 e. The van der Waals surface area contributed by atoms with E-state index >= 15 is 0 Å². The molecule has 5 nitrogen and oxygen atoms in total. The molecule has 4 N–H and O–H groups in total. The molecule has 0 radical (unpaired) electrons. The van der Waals surface area contributed by atoms with Gasteiger partial charge < -0.3 is 16.4 Å². The molecule has 0 bridgehead atoms. The fraction of sp³-hybridized carbons (Fsp3) is 0.125. The van der Waals surface area contributed by atoms with E-state index in [1.54, 1.807) is 25.1 Å². The highest BCUT2D eigenvalue weighted by Crippen LogP contribution is 2.36. The lowest BCUT2D eigenvalue weighted by Crippen LogP contribution is -2.29. The van der Waals surface area contributed by atoms with E-state index in [9.17, 15) is 22.8 Å². The molecule has 0 saturated carbocycles. The van der Waals surface area contributed by atoms with Crippen molar-refractivity contribution in [1.82, 2.24) is 0 Å². The second kappa shape index (κ2) is 7.02. The average molecular weight is 372 g/mol. The van der Waals surface area contributed by atoms with E-state index in [1.807, 2.05) is 0 Å². The summed E-state index contributed by atoms with van der Waals surface area (Å²) >= 11 is 5.49. The van der Waals surface area contributed by atoms with Crippen LogP contribution in [0.1, 0.15) is 11.1 Å². The minimum atomic E-state index is -4.68. The molecule has 0 aliphatic rings. The zero-order valence-corrected chi connectivity index (χ0v) is 13.6. The summed E-state index contributed by atoms with van der Waals surface area (Å²) in [4.78, 5) is 23.8. The first-order chi connectivity index (χ1) is 11.6. The third-order valence-electron chi connectivity index (χ3n) is 3.19. The highest BCUT2D eigenvalue weighted by Gasteiger charge is 2.33. The number of carbonyl (C=O) groups is 2. The van der Waals surface area contributed by atoms with Crippen LogP contribution in [0.5, 0.6) is 0 Å². The summed E-state index contributed by atoms with van der Waals surface area (Å²) in [5.74, 6) is -2.21. The van der Waals surface area contributed by atoms with E-state index in [0.29, 0.717) is 6.07 Å². The molecule has 2 aromatic carbocycles. The molecule has 132 valence electrons. The largest absolute Gasteiger partial charge is 0.417 e. The van der Waals surface area contributed by atoms with Gasteiger partial charge in [-0.05, 0) is 42.8 Å². The van der Waals surface area contributed by atoms with Gasteiger partial charge in [-0.1, -0.05) is 17.7 Å². The van der Waals surface area contributed by atoms with Crippen molar-refractivity contribution in [3.05, 3.63) is 52.5 Å². The highest BCUT2D eigenvalue weighted by molar-refractivity contribution is 6.44. The van der Waals surface area contributed by atoms with Crippen LogP contribution in [0.15, 0.2) is 36.4 Å². The predicted molar refractivity (Wildman–Crippen MR) is 89.3 cm³/mol. The standard InChI is InChI=1S/C16H13ClF3N3O2/c1-8-2-5-12(21)13(6-8)23-15(25)14(24)22-9-3-4-11(17)10(7-9)16(18,19)20/h2-7H,21H2,1H3,(H,22,24)(H,23,25). The van der Waals surface area contributed by atoms with E-state index in [-0.39, 0.29) is 17.1 Å². The van der Waals surface area contributed by atoms with Crippen molar-refractivity contribution in [3.8, 4) is 0 Å². The minimum Gasteiger partial charge on any atom is -0.397 e. The Bertz CT molecular complexity index is 838. The van der Waals surface area contributed by atoms with Crippen LogP contribution in [-0.4, -0.2) is 11.8 Å². The lowest BCUT2D eigenvalue weighted by atomic mass is 10.2. The van der Waals surface area contributed by atoms with Crippen molar-refractivity contribution in [2.45, 2.75) is 13.1 Å². The SMILES string of the molecule is Cc1ccc(N)c(NC(=O)C(=O)Nc2ccc(Cl)c(C(F)(F)F)c2)c1. The summed E-state index contributed by atoms with van der Waals surface area (Å²) in [6.07, 6.45) is -4.68. The molecule has 25 heavy (non-hydrogen) atoms. The maximum Gasteiger partial charge on any atom is 0.417 e. The molecule has 0 heterocycles. The number of amides is 2. The normalized spacial score (nSPS) is 11.1.